The van der Waals surface area contributed by atoms with Crippen molar-refractivity contribution in [3.05, 3.63) is 94.4 Å². The van der Waals surface area contributed by atoms with E-state index in [4.69, 9.17) is 5.10 Å². The normalized spacial score (nSPS) is 16.4. The Labute approximate surface area is 166 Å². The molecule has 1 atom stereocenters. The highest BCUT2D eigenvalue weighted by atomic mass is 32.1. The van der Waals surface area contributed by atoms with Crippen molar-refractivity contribution in [3.63, 3.8) is 0 Å². The molecule has 0 radical (unpaired) electrons. The number of fused-ring (bicyclic) bond motifs is 1. The van der Waals surface area contributed by atoms with Crippen molar-refractivity contribution in [3.8, 4) is 0 Å². The Morgan fingerprint density at radius 3 is 2.57 bits per heavy atom. The van der Waals surface area contributed by atoms with Crippen molar-refractivity contribution in [1.29, 1.82) is 0 Å². The van der Waals surface area contributed by atoms with Gasteiger partial charge in [0, 0.05) is 18.8 Å². The number of hydrazone groups is 1. The van der Waals surface area contributed by atoms with E-state index >= 15 is 0 Å². The van der Waals surface area contributed by atoms with Crippen LogP contribution in [0.3, 0.4) is 0 Å². The van der Waals surface area contributed by atoms with E-state index in [1.807, 2.05) is 66.0 Å². The second-order valence-electron chi connectivity index (χ2n) is 6.56. The van der Waals surface area contributed by atoms with E-state index < -0.39 is 0 Å². The van der Waals surface area contributed by atoms with Gasteiger partial charge in [-0.3, -0.25) is 14.8 Å². The van der Waals surface area contributed by atoms with Crippen LogP contribution in [-0.2, 0) is 0 Å². The van der Waals surface area contributed by atoms with Crippen LogP contribution in [0.5, 0.6) is 0 Å². The average molecular weight is 384 g/mol. The lowest BCUT2D eigenvalue weighted by atomic mass is 9.98. The van der Waals surface area contributed by atoms with Crippen LogP contribution in [-0.4, -0.2) is 26.6 Å². The number of nitrogens with zero attached hydrogens (tertiary/aromatic N) is 4. The molecule has 2 aromatic carbocycles. The van der Waals surface area contributed by atoms with Crippen LogP contribution in [0.1, 0.15) is 33.3 Å². The molecule has 4 aromatic rings. The minimum absolute atomic E-state index is 0.0785. The largest absolute Gasteiger partial charge is 0.284 e. The first kappa shape index (κ1) is 16.8. The van der Waals surface area contributed by atoms with E-state index in [1.54, 1.807) is 17.4 Å². The first-order valence-electron chi connectivity index (χ1n) is 9.00. The summed E-state index contributed by atoms with van der Waals surface area (Å²) < 4.78 is 0. The third kappa shape index (κ3) is 2.97. The summed E-state index contributed by atoms with van der Waals surface area (Å²) in [6, 6.07) is 19.5. The third-order valence-corrected chi connectivity index (χ3v) is 5.69. The van der Waals surface area contributed by atoms with E-state index in [0.717, 1.165) is 27.9 Å². The summed E-state index contributed by atoms with van der Waals surface area (Å²) in [5, 5.41) is 8.25. The number of benzene rings is 2. The van der Waals surface area contributed by atoms with E-state index in [2.05, 4.69) is 9.97 Å². The predicted octanol–water partition coefficient (Wildman–Crippen LogP) is 4.68. The highest BCUT2D eigenvalue weighted by Gasteiger charge is 2.34. The Morgan fingerprint density at radius 2 is 1.79 bits per heavy atom. The van der Waals surface area contributed by atoms with Crippen molar-refractivity contribution in [2.24, 2.45) is 5.10 Å². The summed E-state index contributed by atoms with van der Waals surface area (Å²) in [4.78, 5) is 22.6. The molecular weight excluding hydrogens is 368 g/mol. The van der Waals surface area contributed by atoms with Crippen molar-refractivity contribution >= 4 is 34.0 Å². The molecule has 1 aliphatic heterocycles. The Kier molecular flexibility index (Phi) is 4.18. The first-order chi connectivity index (χ1) is 13.8. The van der Waals surface area contributed by atoms with Gasteiger partial charge in [-0.1, -0.05) is 42.5 Å². The molecule has 3 heterocycles. The Morgan fingerprint density at radius 1 is 0.964 bits per heavy atom. The molecular formula is C22H16N4OS. The molecule has 0 fully saturated rings. The molecule has 0 N–H and O–H groups in total. The minimum atomic E-state index is -0.170. The maximum absolute atomic E-state index is 13.1. The maximum Gasteiger partial charge on any atom is 0.284 e. The van der Waals surface area contributed by atoms with Gasteiger partial charge >= 0.3 is 0 Å². The van der Waals surface area contributed by atoms with Crippen molar-refractivity contribution < 1.29 is 4.79 Å². The summed E-state index contributed by atoms with van der Waals surface area (Å²) in [6.45, 7) is 0. The number of carbonyl (C=O) groups excluding carboxylic acids is 1. The summed E-state index contributed by atoms with van der Waals surface area (Å²) in [6.07, 6.45) is 4.02. The number of rotatable bonds is 3. The molecule has 28 heavy (non-hydrogen) atoms. The second-order valence-corrected chi connectivity index (χ2v) is 7.51. The molecule has 5 rings (SSSR count). The minimum Gasteiger partial charge on any atom is -0.266 e. The van der Waals surface area contributed by atoms with Crippen LogP contribution in [0.25, 0.3) is 11.0 Å². The lowest BCUT2D eigenvalue weighted by molar-refractivity contribution is 0.0716. The van der Waals surface area contributed by atoms with Crippen LogP contribution in [0.4, 0.5) is 0 Å². The number of hydrogen-bond donors (Lipinski definition) is 0. The molecule has 1 aliphatic rings. The summed E-state index contributed by atoms with van der Waals surface area (Å²) in [5.41, 5.74) is 4.61. The van der Waals surface area contributed by atoms with Crippen LogP contribution in [0.15, 0.2) is 83.5 Å². The molecule has 6 heteroatoms. The fraction of sp³-hybridized carbons (Fsp3) is 0.0909. The summed E-state index contributed by atoms with van der Waals surface area (Å²) in [5.74, 6) is -0.0785. The second kappa shape index (κ2) is 6.98. The smallest absolute Gasteiger partial charge is 0.266 e. The van der Waals surface area contributed by atoms with Gasteiger partial charge in [0.25, 0.3) is 5.91 Å². The van der Waals surface area contributed by atoms with Gasteiger partial charge in [-0.25, -0.2) is 5.01 Å². The van der Waals surface area contributed by atoms with Crippen molar-refractivity contribution in [2.75, 3.05) is 0 Å². The monoisotopic (exact) mass is 384 g/mol. The van der Waals surface area contributed by atoms with Gasteiger partial charge < -0.3 is 0 Å². The van der Waals surface area contributed by atoms with Crippen LogP contribution < -0.4 is 0 Å². The quantitative estimate of drug-likeness (QED) is 0.515. The highest BCUT2D eigenvalue weighted by Crippen LogP contribution is 2.35. The van der Waals surface area contributed by atoms with Gasteiger partial charge in [-0.15, -0.1) is 11.3 Å². The molecule has 136 valence electrons. The van der Waals surface area contributed by atoms with Crippen molar-refractivity contribution in [1.82, 2.24) is 15.0 Å². The fourth-order valence-corrected chi connectivity index (χ4v) is 4.12. The Hall–Kier alpha value is -3.38. The molecule has 5 nitrogen and oxygen atoms in total. The highest BCUT2D eigenvalue weighted by molar-refractivity contribution is 7.12. The molecule has 0 bridgehead atoms. The third-order valence-electron chi connectivity index (χ3n) is 4.84. The summed E-state index contributed by atoms with van der Waals surface area (Å²) >= 11 is 1.43. The van der Waals surface area contributed by atoms with Gasteiger partial charge in [0.2, 0.25) is 0 Å². The summed E-state index contributed by atoms with van der Waals surface area (Å²) in [7, 11) is 0. The van der Waals surface area contributed by atoms with Crippen LogP contribution in [0, 0.1) is 0 Å². The number of thiophene rings is 1. The van der Waals surface area contributed by atoms with E-state index in [1.165, 1.54) is 11.3 Å². The Balaban J connectivity index is 1.57. The molecule has 0 aliphatic carbocycles. The predicted molar refractivity (Wildman–Crippen MR) is 110 cm³/mol. The fourth-order valence-electron chi connectivity index (χ4n) is 3.46. The SMILES string of the molecule is O=C(c1cccs1)N1N=C(c2ccccc2)CC1c1ccc2nccnc2c1. The molecule has 0 saturated heterocycles. The van der Waals surface area contributed by atoms with Crippen LogP contribution >= 0.6 is 11.3 Å². The van der Waals surface area contributed by atoms with Crippen molar-refractivity contribution in [2.45, 2.75) is 12.5 Å². The maximum atomic E-state index is 13.1. The lowest BCUT2D eigenvalue weighted by Gasteiger charge is -2.21. The van der Waals surface area contributed by atoms with E-state index in [-0.39, 0.29) is 11.9 Å². The first-order valence-corrected chi connectivity index (χ1v) is 9.88. The zero-order chi connectivity index (χ0) is 18.9. The standard InChI is InChI=1S/C22H16N4OS/c27-22(21-7-4-12-28-21)26-20(14-18(25-26)15-5-2-1-3-6-15)16-8-9-17-19(13-16)24-11-10-23-17/h1-13,20H,14H2. The van der Waals surface area contributed by atoms with Gasteiger partial charge in [-0.2, -0.15) is 5.10 Å². The molecule has 0 saturated carbocycles. The number of amides is 1. The van der Waals surface area contributed by atoms with E-state index in [9.17, 15) is 4.79 Å². The lowest BCUT2D eigenvalue weighted by Crippen LogP contribution is -2.26. The van der Waals surface area contributed by atoms with Crippen LogP contribution in [0.2, 0.25) is 0 Å². The molecule has 1 amide bonds. The zero-order valence-corrected chi connectivity index (χ0v) is 15.7. The van der Waals surface area contributed by atoms with Gasteiger partial charge in [0.05, 0.1) is 27.7 Å². The molecule has 1 unspecified atom stereocenters. The van der Waals surface area contributed by atoms with Gasteiger partial charge in [0.1, 0.15) is 0 Å². The van der Waals surface area contributed by atoms with Gasteiger partial charge in [0.15, 0.2) is 0 Å². The number of carbonyl (C=O) groups is 1. The molecule has 0 spiro atoms. The topological polar surface area (TPSA) is 58.5 Å². The zero-order valence-electron chi connectivity index (χ0n) is 14.9. The number of aromatic nitrogens is 2. The molecule has 2 aromatic heterocycles. The Bertz CT molecular complexity index is 1170. The van der Waals surface area contributed by atoms with Gasteiger partial charge in [-0.05, 0) is 34.7 Å². The number of hydrogen-bond acceptors (Lipinski definition) is 5. The average Bonchev–Trinajstić information content (AvgIpc) is 3.44. The van der Waals surface area contributed by atoms with E-state index in [0.29, 0.717) is 11.3 Å².